The molecule has 1 heterocycles. The molecule has 1 amide bonds. The molecule has 3 aromatic rings. The van der Waals surface area contributed by atoms with E-state index < -0.39 is 31.0 Å². The highest BCUT2D eigenvalue weighted by atomic mass is 127. The number of aromatic nitrogens is 1. The summed E-state index contributed by atoms with van der Waals surface area (Å²) < 4.78 is 56.1. The van der Waals surface area contributed by atoms with Crippen LogP contribution in [0.15, 0.2) is 41.2 Å². The van der Waals surface area contributed by atoms with Crippen LogP contribution in [0.1, 0.15) is 35.7 Å². The fourth-order valence-electron chi connectivity index (χ4n) is 4.09. The number of halogens is 2. The predicted molar refractivity (Wildman–Crippen MR) is 183 cm³/mol. The van der Waals surface area contributed by atoms with Crippen molar-refractivity contribution >= 4 is 93.8 Å². The highest BCUT2D eigenvalue weighted by molar-refractivity contribution is 14.1. The lowest BCUT2D eigenvalue weighted by Gasteiger charge is -2.28. The first-order chi connectivity index (χ1) is 20.2. The number of ether oxygens (including phenoxy) is 2. The summed E-state index contributed by atoms with van der Waals surface area (Å²) in [6.45, 7) is 3.20. The minimum atomic E-state index is -3.94. The van der Waals surface area contributed by atoms with E-state index in [1.807, 2.05) is 22.6 Å². The Morgan fingerprint density at radius 2 is 1.86 bits per heavy atom. The third-order valence-electron chi connectivity index (χ3n) is 6.15. The molecule has 17 heteroatoms. The quantitative estimate of drug-likeness (QED) is 0.0784. The van der Waals surface area contributed by atoms with Crippen LogP contribution < -0.4 is 35.1 Å². The van der Waals surface area contributed by atoms with Crippen LogP contribution in [0.4, 0.5) is 21.6 Å². The average Bonchev–Trinajstić information content (AvgIpc) is 3.71. The number of para-hydroxylation sites is 1. The van der Waals surface area contributed by atoms with E-state index in [2.05, 4.69) is 58.0 Å². The molecule has 1 fully saturated rings. The molecule has 1 aliphatic carbocycles. The second-order valence-electron chi connectivity index (χ2n) is 9.46. The number of hydrogen-bond donors (Lipinski definition) is 7. The predicted octanol–water partition coefficient (Wildman–Crippen LogP) is 4.96. The Morgan fingerprint density at radius 1 is 1.16 bits per heavy atom. The number of rotatable bonds is 12. The third-order valence-corrected chi connectivity index (χ3v) is 8.58. The molecular weight excluding hydrogens is 752 g/mol. The summed E-state index contributed by atoms with van der Waals surface area (Å²) in [5.41, 5.74) is -0.897. The average molecular weight is 782 g/mol. The lowest BCUT2D eigenvalue weighted by atomic mass is 10.1. The van der Waals surface area contributed by atoms with E-state index in [0.717, 1.165) is 17.4 Å². The van der Waals surface area contributed by atoms with E-state index >= 15 is 4.39 Å². The number of amides is 1. The maximum absolute atomic E-state index is 15.1. The normalized spacial score (nSPS) is 13.4. The van der Waals surface area contributed by atoms with Crippen molar-refractivity contribution in [2.24, 2.45) is 0 Å². The van der Waals surface area contributed by atoms with Crippen molar-refractivity contribution in [3.05, 3.63) is 67.3 Å². The number of carbonyl (C=O) groups is 1. The number of carbonyl (C=O) groups excluding carboxylic acids is 1. The maximum Gasteiger partial charge on any atom is 0.299 e. The molecule has 0 atom stereocenters. The first-order valence-corrected chi connectivity index (χ1v) is 16.7. The highest BCUT2D eigenvalue weighted by Crippen LogP contribution is 2.44. The van der Waals surface area contributed by atoms with Gasteiger partial charge in [-0.25, -0.2) is 4.39 Å². The Balaban J connectivity index is 1.97. The van der Waals surface area contributed by atoms with Crippen LogP contribution in [0, 0.1) is 16.3 Å². The van der Waals surface area contributed by atoms with Gasteiger partial charge in [-0.15, -0.1) is 37.9 Å². The van der Waals surface area contributed by atoms with E-state index in [9.17, 15) is 18.0 Å². The van der Waals surface area contributed by atoms with Gasteiger partial charge < -0.3 is 20.1 Å². The van der Waals surface area contributed by atoms with E-state index in [1.54, 1.807) is 13.0 Å². The summed E-state index contributed by atoms with van der Waals surface area (Å²) in [7, 11) is -2.64. The van der Waals surface area contributed by atoms with Gasteiger partial charge in [0.05, 0.1) is 24.0 Å². The summed E-state index contributed by atoms with van der Waals surface area (Å²) >= 11 is 15.1. The molecule has 0 saturated heterocycles. The van der Waals surface area contributed by atoms with Crippen molar-refractivity contribution in [2.75, 3.05) is 23.7 Å². The summed E-state index contributed by atoms with van der Waals surface area (Å²) in [6, 6.07) is 8.71. The molecule has 11 nitrogen and oxygen atoms in total. The molecule has 0 unspecified atom stereocenters. The summed E-state index contributed by atoms with van der Waals surface area (Å²) in [4.78, 5) is 27.6. The van der Waals surface area contributed by atoms with Crippen LogP contribution in [0.3, 0.4) is 0 Å². The number of benzene rings is 2. The summed E-state index contributed by atoms with van der Waals surface area (Å²) in [5, 5.41) is 5.74. The Morgan fingerprint density at radius 3 is 2.44 bits per heavy atom. The molecule has 2 aromatic carbocycles. The smallest absolute Gasteiger partial charge is 0.299 e. The minimum absolute atomic E-state index is 0.0137. The molecule has 4 rings (SSSR count). The summed E-state index contributed by atoms with van der Waals surface area (Å²) in [5.74, 6) is -1.67. The Kier molecular flexibility index (Phi) is 10.4. The van der Waals surface area contributed by atoms with E-state index in [-0.39, 0.29) is 58.2 Å². The van der Waals surface area contributed by atoms with Gasteiger partial charge in [-0.2, -0.15) is 13.1 Å². The zero-order valence-corrected chi connectivity index (χ0v) is 28.7. The fraction of sp³-hybridized carbons (Fsp3) is 0.308. The molecule has 0 bridgehead atoms. The van der Waals surface area contributed by atoms with Crippen LogP contribution in [0.25, 0.3) is 0 Å². The standard InChI is InChI=1S/C26H29FIN5O6S4/c1-4-29-43(36,37)32-18-6-5-7-19(22(18)38-3)39-21-13(2)25(35)33(26(40,41)42)23(20(21)24(34)30-15-9-10-15)31-17-11-8-14(28)12-16(17)27/h5-8,11-12,15,29,31-32,40-42H,4,9-10H2,1-3H3,(H,30,34). The van der Waals surface area contributed by atoms with Gasteiger partial charge in [0, 0.05) is 16.2 Å². The van der Waals surface area contributed by atoms with E-state index in [4.69, 9.17) is 9.47 Å². The van der Waals surface area contributed by atoms with Crippen LogP contribution in [0.5, 0.6) is 17.2 Å². The lowest BCUT2D eigenvalue weighted by molar-refractivity contribution is 0.0948. The van der Waals surface area contributed by atoms with Gasteiger partial charge in [-0.1, -0.05) is 13.0 Å². The molecule has 232 valence electrons. The van der Waals surface area contributed by atoms with Crippen molar-refractivity contribution in [1.29, 1.82) is 0 Å². The molecule has 43 heavy (non-hydrogen) atoms. The zero-order valence-electron chi connectivity index (χ0n) is 23.1. The van der Waals surface area contributed by atoms with Gasteiger partial charge in [0.25, 0.3) is 21.7 Å². The topological polar surface area (TPSA) is 140 Å². The van der Waals surface area contributed by atoms with Crippen molar-refractivity contribution in [2.45, 2.75) is 36.3 Å². The number of pyridine rings is 1. The molecule has 4 N–H and O–H groups in total. The first kappa shape index (κ1) is 33.6. The van der Waals surface area contributed by atoms with E-state index in [0.29, 0.717) is 3.57 Å². The second-order valence-corrected chi connectivity index (χ2v) is 15.2. The van der Waals surface area contributed by atoms with Crippen LogP contribution in [0.2, 0.25) is 0 Å². The monoisotopic (exact) mass is 781 g/mol. The number of methoxy groups -OCH3 is 1. The molecule has 0 spiro atoms. The van der Waals surface area contributed by atoms with Crippen LogP contribution in [-0.4, -0.2) is 38.6 Å². The summed E-state index contributed by atoms with van der Waals surface area (Å²) in [6.07, 6.45) is 1.51. The number of nitrogens with zero attached hydrogens (tertiary/aromatic N) is 1. The largest absolute Gasteiger partial charge is 0.491 e. The first-order valence-electron chi connectivity index (χ1n) is 12.8. The van der Waals surface area contributed by atoms with Crippen LogP contribution >= 0.6 is 60.5 Å². The molecule has 0 radical (unpaired) electrons. The van der Waals surface area contributed by atoms with Gasteiger partial charge in [0.15, 0.2) is 20.8 Å². The van der Waals surface area contributed by atoms with Crippen molar-refractivity contribution in [3.63, 3.8) is 0 Å². The van der Waals surface area contributed by atoms with Gasteiger partial charge in [0.1, 0.15) is 17.2 Å². The zero-order chi connectivity index (χ0) is 31.7. The van der Waals surface area contributed by atoms with Crippen molar-refractivity contribution < 1.29 is 27.1 Å². The molecule has 1 saturated carbocycles. The number of nitrogens with one attached hydrogen (secondary N) is 4. The minimum Gasteiger partial charge on any atom is -0.491 e. The molecule has 1 aliphatic rings. The number of hydrogen-bond acceptors (Lipinski definition) is 10. The number of anilines is 3. The van der Waals surface area contributed by atoms with Gasteiger partial charge in [-0.05, 0) is 72.7 Å². The van der Waals surface area contributed by atoms with Gasteiger partial charge >= 0.3 is 0 Å². The fourth-order valence-corrected chi connectivity index (χ4v) is 6.02. The van der Waals surface area contributed by atoms with E-state index in [1.165, 1.54) is 44.4 Å². The van der Waals surface area contributed by atoms with Crippen molar-refractivity contribution in [1.82, 2.24) is 14.6 Å². The van der Waals surface area contributed by atoms with Gasteiger partial charge in [0.2, 0.25) is 0 Å². The Hall–Kier alpha value is -2.32. The lowest BCUT2D eigenvalue weighted by Crippen LogP contribution is -2.36. The molecule has 0 aliphatic heterocycles. The second kappa shape index (κ2) is 13.4. The highest BCUT2D eigenvalue weighted by Gasteiger charge is 2.35. The molecular formula is C26H29FIN5O6S4. The Bertz CT molecular complexity index is 1730. The number of thiol groups is 3. The Labute approximate surface area is 278 Å². The maximum atomic E-state index is 15.1. The molecule has 1 aromatic heterocycles. The van der Waals surface area contributed by atoms with Gasteiger partial charge in [-0.3, -0.25) is 18.9 Å². The third kappa shape index (κ3) is 7.86. The SMILES string of the molecule is CCNS(=O)(=O)Nc1cccc(Oc2c(C(=O)NC3CC3)c(Nc3ccc(I)cc3F)n(C(S)(S)S)c(=O)c2C)c1OC. The van der Waals surface area contributed by atoms with Crippen LogP contribution in [-0.2, 0) is 13.7 Å². The van der Waals surface area contributed by atoms with Crippen molar-refractivity contribution in [3.8, 4) is 17.2 Å².